The average Bonchev–Trinajstić information content (AvgIpc) is 2.56. The highest BCUT2D eigenvalue weighted by atomic mass is 35.5. The van der Waals surface area contributed by atoms with Gasteiger partial charge in [0, 0.05) is 5.56 Å². The monoisotopic (exact) mass is 333 g/mol. The molecule has 0 aromatic heterocycles. The summed E-state index contributed by atoms with van der Waals surface area (Å²) >= 11 is 6.27. The number of hydrogen-bond acceptors (Lipinski definition) is 4. The summed E-state index contributed by atoms with van der Waals surface area (Å²) in [5.41, 5.74) is 1.19. The van der Waals surface area contributed by atoms with Gasteiger partial charge in [-0.05, 0) is 31.2 Å². The van der Waals surface area contributed by atoms with Gasteiger partial charge in [0.25, 0.3) is 5.91 Å². The van der Waals surface area contributed by atoms with Crippen molar-refractivity contribution in [2.45, 2.75) is 13.2 Å². The number of nitrogens with one attached hydrogen (secondary N) is 1. The van der Waals surface area contributed by atoms with Gasteiger partial charge in [0.05, 0.1) is 24.3 Å². The van der Waals surface area contributed by atoms with Crippen molar-refractivity contribution in [3.05, 3.63) is 52.5 Å². The van der Waals surface area contributed by atoms with Crippen LogP contribution in [-0.4, -0.2) is 19.6 Å². The van der Waals surface area contributed by atoms with Gasteiger partial charge in [0.1, 0.15) is 5.75 Å². The molecule has 5 nitrogen and oxygen atoms in total. The van der Waals surface area contributed by atoms with E-state index in [2.05, 4.69) is 5.32 Å². The highest BCUT2D eigenvalue weighted by molar-refractivity contribution is 6.32. The number of fused-ring (bicyclic) bond motifs is 1. The van der Waals surface area contributed by atoms with E-state index in [9.17, 15) is 4.79 Å². The van der Waals surface area contributed by atoms with E-state index in [4.69, 9.17) is 25.8 Å². The molecule has 0 aliphatic carbocycles. The third kappa shape index (κ3) is 2.92. The molecule has 1 amide bonds. The molecule has 1 aliphatic heterocycles. The Bertz CT molecular complexity index is 747. The number of methoxy groups -OCH3 is 1. The quantitative estimate of drug-likeness (QED) is 0.929. The number of benzene rings is 2. The van der Waals surface area contributed by atoms with Crippen LogP contribution in [0.4, 0.5) is 0 Å². The van der Waals surface area contributed by atoms with Gasteiger partial charge < -0.3 is 19.5 Å². The highest BCUT2D eigenvalue weighted by Gasteiger charge is 2.27. The van der Waals surface area contributed by atoms with Crippen molar-refractivity contribution >= 4 is 17.5 Å². The van der Waals surface area contributed by atoms with Gasteiger partial charge in [-0.15, -0.1) is 0 Å². The molecule has 0 saturated carbocycles. The lowest BCUT2D eigenvalue weighted by Crippen LogP contribution is -2.36. The van der Waals surface area contributed by atoms with E-state index in [1.807, 2.05) is 13.0 Å². The summed E-state index contributed by atoms with van der Waals surface area (Å²) in [5, 5.41) is 3.20. The molecule has 0 fully saturated rings. The number of hydrogen-bond donors (Lipinski definition) is 1. The molecule has 120 valence electrons. The maximum Gasteiger partial charge on any atom is 0.258 e. The van der Waals surface area contributed by atoms with E-state index in [-0.39, 0.29) is 5.91 Å². The zero-order valence-corrected chi connectivity index (χ0v) is 13.5. The molecule has 0 saturated heterocycles. The molecule has 0 spiro atoms. The molecule has 1 N–H and O–H groups in total. The number of rotatable bonds is 4. The normalized spacial score (nSPS) is 16.1. The molecule has 0 bridgehead atoms. The third-order valence-electron chi connectivity index (χ3n) is 3.48. The average molecular weight is 334 g/mol. The number of carbonyl (C=O) groups is 1. The lowest BCUT2D eigenvalue weighted by Gasteiger charge is -2.27. The van der Waals surface area contributed by atoms with Crippen LogP contribution in [0, 0.1) is 0 Å². The van der Waals surface area contributed by atoms with Crippen LogP contribution in [0.15, 0.2) is 36.4 Å². The minimum absolute atomic E-state index is 0.194. The highest BCUT2D eigenvalue weighted by Crippen LogP contribution is 2.39. The fourth-order valence-corrected chi connectivity index (χ4v) is 2.71. The first-order chi connectivity index (χ1) is 11.1. The second kappa shape index (κ2) is 6.38. The molecular formula is C17H16ClNO4. The first-order valence-electron chi connectivity index (χ1n) is 7.20. The Hall–Kier alpha value is -2.40. The van der Waals surface area contributed by atoms with Crippen LogP contribution in [0.3, 0.4) is 0 Å². The van der Waals surface area contributed by atoms with Gasteiger partial charge >= 0.3 is 0 Å². The van der Waals surface area contributed by atoms with Crippen molar-refractivity contribution in [1.29, 1.82) is 0 Å². The number of amides is 1. The van der Waals surface area contributed by atoms with Crippen molar-refractivity contribution in [1.82, 2.24) is 5.32 Å². The minimum Gasteiger partial charge on any atom is -0.493 e. The Morgan fingerprint density at radius 2 is 2.09 bits per heavy atom. The summed E-state index contributed by atoms with van der Waals surface area (Å²) in [4.78, 5) is 12.2. The van der Waals surface area contributed by atoms with E-state index in [0.29, 0.717) is 40.0 Å². The van der Waals surface area contributed by atoms with Crippen LogP contribution >= 0.6 is 11.6 Å². The maximum absolute atomic E-state index is 12.2. The van der Waals surface area contributed by atoms with E-state index >= 15 is 0 Å². The second-order valence-electron chi connectivity index (χ2n) is 4.93. The topological polar surface area (TPSA) is 56.8 Å². The molecule has 2 aromatic rings. The van der Waals surface area contributed by atoms with Crippen molar-refractivity contribution in [3.63, 3.8) is 0 Å². The summed E-state index contributed by atoms with van der Waals surface area (Å²) in [5.74, 6) is 1.31. The predicted octanol–water partition coefficient (Wildman–Crippen LogP) is 3.57. The number of carbonyl (C=O) groups excluding carboxylic acids is 1. The smallest absolute Gasteiger partial charge is 0.258 e. The summed E-state index contributed by atoms with van der Waals surface area (Å²) in [6.45, 7) is 2.34. The third-order valence-corrected chi connectivity index (χ3v) is 3.76. The Morgan fingerprint density at radius 3 is 2.83 bits per heavy atom. The number of para-hydroxylation sites is 1. The largest absolute Gasteiger partial charge is 0.493 e. The standard InChI is InChI=1S/C17H16ClNO4/c1-3-22-15-12(18)8-10(9-14(15)21-2)17-19-16(20)11-6-4-5-7-13(11)23-17/h4-9,17H,3H2,1-2H3,(H,19,20). The van der Waals surface area contributed by atoms with Gasteiger partial charge in [0.2, 0.25) is 0 Å². The fourth-order valence-electron chi connectivity index (χ4n) is 2.44. The van der Waals surface area contributed by atoms with Crippen LogP contribution in [0.1, 0.15) is 29.1 Å². The molecule has 1 atom stereocenters. The van der Waals surface area contributed by atoms with Crippen LogP contribution in [-0.2, 0) is 0 Å². The van der Waals surface area contributed by atoms with E-state index in [0.717, 1.165) is 0 Å². The van der Waals surface area contributed by atoms with Crippen molar-refractivity contribution < 1.29 is 19.0 Å². The molecule has 3 rings (SSSR count). The minimum atomic E-state index is -0.639. The Balaban J connectivity index is 1.97. The molecule has 1 aliphatic rings. The zero-order chi connectivity index (χ0) is 16.4. The van der Waals surface area contributed by atoms with Crippen molar-refractivity contribution in [2.75, 3.05) is 13.7 Å². The van der Waals surface area contributed by atoms with Gasteiger partial charge in [-0.2, -0.15) is 0 Å². The summed E-state index contributed by atoms with van der Waals surface area (Å²) in [7, 11) is 1.54. The lowest BCUT2D eigenvalue weighted by molar-refractivity contribution is 0.0755. The van der Waals surface area contributed by atoms with Crippen LogP contribution in [0.5, 0.6) is 17.2 Å². The Morgan fingerprint density at radius 1 is 1.30 bits per heavy atom. The first-order valence-corrected chi connectivity index (χ1v) is 7.58. The molecule has 1 unspecified atom stereocenters. The van der Waals surface area contributed by atoms with Gasteiger partial charge in [-0.25, -0.2) is 0 Å². The van der Waals surface area contributed by atoms with Gasteiger partial charge in [0.15, 0.2) is 17.7 Å². The molecular weight excluding hydrogens is 318 g/mol. The lowest BCUT2D eigenvalue weighted by atomic mass is 10.1. The Kier molecular flexibility index (Phi) is 4.30. The fraction of sp³-hybridized carbons (Fsp3) is 0.235. The first kappa shape index (κ1) is 15.5. The van der Waals surface area contributed by atoms with Crippen molar-refractivity contribution in [2.24, 2.45) is 0 Å². The van der Waals surface area contributed by atoms with Crippen LogP contribution < -0.4 is 19.5 Å². The second-order valence-corrected chi connectivity index (χ2v) is 5.34. The Labute approximate surface area is 139 Å². The molecule has 2 aromatic carbocycles. The van der Waals surface area contributed by atoms with Crippen LogP contribution in [0.2, 0.25) is 5.02 Å². The molecule has 23 heavy (non-hydrogen) atoms. The van der Waals surface area contributed by atoms with Gasteiger partial charge in [-0.1, -0.05) is 23.7 Å². The number of ether oxygens (including phenoxy) is 3. The predicted molar refractivity (Wildman–Crippen MR) is 86.5 cm³/mol. The summed E-state index contributed by atoms with van der Waals surface area (Å²) in [6, 6.07) is 10.5. The SMILES string of the molecule is CCOc1c(Cl)cc(C2NC(=O)c3ccccc3O2)cc1OC. The summed E-state index contributed by atoms with van der Waals surface area (Å²) < 4.78 is 16.7. The maximum atomic E-state index is 12.2. The zero-order valence-electron chi connectivity index (χ0n) is 12.8. The van der Waals surface area contributed by atoms with Gasteiger partial charge in [-0.3, -0.25) is 4.79 Å². The molecule has 1 heterocycles. The van der Waals surface area contributed by atoms with Crippen molar-refractivity contribution in [3.8, 4) is 17.2 Å². The molecule has 6 heteroatoms. The number of halogens is 1. The van der Waals surface area contributed by atoms with E-state index < -0.39 is 6.23 Å². The van der Waals surface area contributed by atoms with E-state index in [1.54, 1.807) is 30.3 Å². The summed E-state index contributed by atoms with van der Waals surface area (Å²) in [6.07, 6.45) is -0.639. The van der Waals surface area contributed by atoms with E-state index in [1.165, 1.54) is 7.11 Å². The molecule has 0 radical (unpaired) electrons. The van der Waals surface area contributed by atoms with Crippen LogP contribution in [0.25, 0.3) is 0 Å².